The molecule has 2 atom stereocenters. The van der Waals surface area contributed by atoms with Gasteiger partial charge in [-0.2, -0.15) is 0 Å². The molecule has 5 nitrogen and oxygen atoms in total. The van der Waals surface area contributed by atoms with Gasteiger partial charge in [0.2, 0.25) is 0 Å². The third kappa shape index (κ3) is 5.95. The van der Waals surface area contributed by atoms with Crippen LogP contribution in [-0.2, 0) is 27.2 Å². The Bertz CT molecular complexity index is 949. The standard InChI is InChI=1S/C24H28N2O3/c1-17(12-13-19-8-4-3-5-9-19)26-24(28)18(2)29-23(27)15-14-20-16-25-22-11-7-6-10-21(20)22/h3-11,16-18,25H,12-15H2,1-2H3,(H,26,28)/t17-,18-/m0/s1. The van der Waals surface area contributed by atoms with Crippen LogP contribution in [0.4, 0.5) is 0 Å². The molecule has 0 saturated heterocycles. The van der Waals surface area contributed by atoms with Crippen molar-refractivity contribution in [1.82, 2.24) is 10.3 Å². The number of aromatic amines is 1. The number of hydrogen-bond donors (Lipinski definition) is 2. The fraction of sp³-hybridized carbons (Fsp3) is 0.333. The second kappa shape index (κ2) is 9.92. The molecule has 2 aromatic carbocycles. The van der Waals surface area contributed by atoms with Gasteiger partial charge in [-0.05, 0) is 50.3 Å². The Morgan fingerprint density at radius 3 is 2.52 bits per heavy atom. The van der Waals surface area contributed by atoms with Crippen molar-refractivity contribution in [2.24, 2.45) is 0 Å². The van der Waals surface area contributed by atoms with E-state index in [0.717, 1.165) is 29.3 Å². The van der Waals surface area contributed by atoms with Crippen LogP contribution in [0.15, 0.2) is 60.8 Å². The Kier molecular flexibility index (Phi) is 7.06. The minimum Gasteiger partial charge on any atom is -0.453 e. The maximum Gasteiger partial charge on any atom is 0.306 e. The summed E-state index contributed by atoms with van der Waals surface area (Å²) < 4.78 is 5.32. The summed E-state index contributed by atoms with van der Waals surface area (Å²) in [7, 11) is 0. The van der Waals surface area contributed by atoms with Crippen LogP contribution in [0.3, 0.4) is 0 Å². The van der Waals surface area contributed by atoms with Crippen molar-refractivity contribution in [3.05, 3.63) is 71.9 Å². The zero-order valence-corrected chi connectivity index (χ0v) is 17.0. The van der Waals surface area contributed by atoms with Crippen molar-refractivity contribution < 1.29 is 14.3 Å². The van der Waals surface area contributed by atoms with Crippen LogP contribution in [0.5, 0.6) is 0 Å². The number of hydrogen-bond acceptors (Lipinski definition) is 3. The number of benzene rings is 2. The molecule has 152 valence electrons. The van der Waals surface area contributed by atoms with Crippen LogP contribution in [0.2, 0.25) is 0 Å². The minimum absolute atomic E-state index is 0.00933. The Morgan fingerprint density at radius 2 is 1.72 bits per heavy atom. The predicted molar refractivity (Wildman–Crippen MR) is 115 cm³/mol. The van der Waals surface area contributed by atoms with Gasteiger partial charge in [0.1, 0.15) is 0 Å². The van der Waals surface area contributed by atoms with E-state index in [0.29, 0.717) is 6.42 Å². The van der Waals surface area contributed by atoms with E-state index in [2.05, 4.69) is 22.4 Å². The fourth-order valence-corrected chi connectivity index (χ4v) is 3.35. The molecule has 1 amide bonds. The van der Waals surface area contributed by atoms with Gasteiger partial charge in [0.25, 0.3) is 5.91 Å². The van der Waals surface area contributed by atoms with E-state index in [9.17, 15) is 9.59 Å². The maximum atomic E-state index is 12.3. The Hall–Kier alpha value is -3.08. The highest BCUT2D eigenvalue weighted by molar-refractivity contribution is 5.85. The summed E-state index contributed by atoms with van der Waals surface area (Å²) in [5, 5.41) is 4.04. The van der Waals surface area contributed by atoms with Gasteiger partial charge in [0, 0.05) is 29.6 Å². The highest BCUT2D eigenvalue weighted by atomic mass is 16.5. The number of nitrogens with one attached hydrogen (secondary N) is 2. The molecule has 0 aliphatic carbocycles. The molecule has 1 heterocycles. The third-order valence-electron chi connectivity index (χ3n) is 5.05. The third-order valence-corrected chi connectivity index (χ3v) is 5.05. The molecule has 0 radical (unpaired) electrons. The Morgan fingerprint density at radius 1 is 1.00 bits per heavy atom. The summed E-state index contributed by atoms with van der Waals surface area (Å²) >= 11 is 0. The first kappa shape index (κ1) is 20.6. The Labute approximate surface area is 171 Å². The van der Waals surface area contributed by atoms with Gasteiger partial charge in [-0.3, -0.25) is 9.59 Å². The van der Waals surface area contributed by atoms with Gasteiger partial charge in [-0.1, -0.05) is 48.5 Å². The summed E-state index contributed by atoms with van der Waals surface area (Å²) in [6.45, 7) is 3.58. The first-order chi connectivity index (χ1) is 14.0. The molecular formula is C24H28N2O3. The number of carbonyl (C=O) groups is 2. The minimum atomic E-state index is -0.801. The van der Waals surface area contributed by atoms with Crippen LogP contribution in [0.25, 0.3) is 10.9 Å². The number of fused-ring (bicyclic) bond motifs is 1. The molecule has 0 aliphatic heterocycles. The molecule has 3 aromatic rings. The first-order valence-electron chi connectivity index (χ1n) is 10.1. The lowest BCUT2D eigenvalue weighted by atomic mass is 10.1. The average molecular weight is 392 g/mol. The molecule has 0 aliphatic rings. The number of para-hydroxylation sites is 1. The van der Waals surface area contributed by atoms with E-state index in [1.807, 2.05) is 55.6 Å². The van der Waals surface area contributed by atoms with Crippen molar-refractivity contribution in [3.8, 4) is 0 Å². The molecular weight excluding hydrogens is 364 g/mol. The molecule has 5 heteroatoms. The van der Waals surface area contributed by atoms with Gasteiger partial charge in [-0.15, -0.1) is 0 Å². The van der Waals surface area contributed by atoms with E-state index < -0.39 is 6.10 Å². The number of esters is 1. The lowest BCUT2D eigenvalue weighted by Gasteiger charge is -2.18. The smallest absolute Gasteiger partial charge is 0.306 e. The average Bonchev–Trinajstić information content (AvgIpc) is 3.14. The van der Waals surface area contributed by atoms with Crippen molar-refractivity contribution in [2.75, 3.05) is 0 Å². The molecule has 0 unspecified atom stereocenters. The number of H-pyrrole nitrogens is 1. The summed E-state index contributed by atoms with van der Waals surface area (Å²) in [4.78, 5) is 27.7. The van der Waals surface area contributed by atoms with Crippen molar-refractivity contribution in [3.63, 3.8) is 0 Å². The van der Waals surface area contributed by atoms with Gasteiger partial charge >= 0.3 is 5.97 Å². The fourth-order valence-electron chi connectivity index (χ4n) is 3.35. The van der Waals surface area contributed by atoms with E-state index in [-0.39, 0.29) is 24.3 Å². The van der Waals surface area contributed by atoms with Crippen molar-refractivity contribution >= 4 is 22.8 Å². The van der Waals surface area contributed by atoms with Crippen LogP contribution in [-0.4, -0.2) is 29.0 Å². The summed E-state index contributed by atoms with van der Waals surface area (Å²) in [6.07, 6.45) is 3.65. The van der Waals surface area contributed by atoms with Crippen LogP contribution < -0.4 is 5.32 Å². The number of amides is 1. The second-order valence-electron chi connectivity index (χ2n) is 7.43. The predicted octanol–water partition coefficient (Wildman–Crippen LogP) is 4.17. The molecule has 1 aromatic heterocycles. The monoisotopic (exact) mass is 392 g/mol. The number of aryl methyl sites for hydroxylation is 2. The van der Waals surface area contributed by atoms with Gasteiger partial charge in [0.15, 0.2) is 6.10 Å². The maximum absolute atomic E-state index is 12.3. The normalized spacial score (nSPS) is 13.0. The summed E-state index contributed by atoms with van der Waals surface area (Å²) in [6, 6.07) is 18.1. The highest BCUT2D eigenvalue weighted by Crippen LogP contribution is 2.19. The largest absolute Gasteiger partial charge is 0.453 e. The van der Waals surface area contributed by atoms with E-state index in [4.69, 9.17) is 4.74 Å². The zero-order chi connectivity index (χ0) is 20.6. The lowest BCUT2D eigenvalue weighted by Crippen LogP contribution is -2.41. The second-order valence-corrected chi connectivity index (χ2v) is 7.43. The Balaban J connectivity index is 1.40. The zero-order valence-electron chi connectivity index (χ0n) is 17.0. The van der Waals surface area contributed by atoms with Crippen molar-refractivity contribution in [1.29, 1.82) is 0 Å². The molecule has 2 N–H and O–H groups in total. The van der Waals surface area contributed by atoms with Crippen LogP contribution >= 0.6 is 0 Å². The summed E-state index contributed by atoms with van der Waals surface area (Å²) in [5.41, 5.74) is 3.36. The summed E-state index contributed by atoms with van der Waals surface area (Å²) in [5.74, 6) is -0.624. The van der Waals surface area contributed by atoms with Gasteiger partial charge < -0.3 is 15.0 Å². The molecule has 29 heavy (non-hydrogen) atoms. The number of rotatable bonds is 9. The van der Waals surface area contributed by atoms with E-state index >= 15 is 0 Å². The van der Waals surface area contributed by atoms with Crippen LogP contribution in [0, 0.1) is 0 Å². The van der Waals surface area contributed by atoms with Gasteiger partial charge in [-0.25, -0.2) is 0 Å². The first-order valence-corrected chi connectivity index (χ1v) is 10.1. The number of ether oxygens (including phenoxy) is 1. The number of aromatic nitrogens is 1. The topological polar surface area (TPSA) is 71.2 Å². The molecule has 0 bridgehead atoms. The SMILES string of the molecule is C[C@H](OC(=O)CCc1c[nH]c2ccccc12)C(=O)N[C@@H](C)CCc1ccccc1. The lowest BCUT2D eigenvalue weighted by molar-refractivity contribution is -0.155. The van der Waals surface area contributed by atoms with E-state index in [1.54, 1.807) is 6.92 Å². The molecule has 0 saturated carbocycles. The van der Waals surface area contributed by atoms with E-state index in [1.165, 1.54) is 5.56 Å². The molecule has 0 fully saturated rings. The van der Waals surface area contributed by atoms with Crippen LogP contribution in [0.1, 0.15) is 37.8 Å². The highest BCUT2D eigenvalue weighted by Gasteiger charge is 2.19. The molecule has 3 rings (SSSR count). The quantitative estimate of drug-likeness (QED) is 0.537. The van der Waals surface area contributed by atoms with Gasteiger partial charge in [0.05, 0.1) is 0 Å². The number of carbonyl (C=O) groups excluding carboxylic acids is 2. The molecule has 0 spiro atoms. The van der Waals surface area contributed by atoms with Crippen molar-refractivity contribution in [2.45, 2.75) is 51.7 Å².